The first-order chi connectivity index (χ1) is 8.36. The van der Waals surface area contributed by atoms with Crippen molar-refractivity contribution in [1.82, 2.24) is 5.32 Å². The van der Waals surface area contributed by atoms with Crippen LogP contribution in [-0.4, -0.2) is 12.5 Å². The standard InChI is InChI=1S/C12H15F3N2O/c1-2-3-6-17-11(18)9-7-8(12(13,14)15)4-5-10(9)16/h4-5,7H,2-3,6,16H2,1H3,(H,17,18). The number of anilines is 1. The van der Waals surface area contributed by atoms with Crippen molar-refractivity contribution in [3.05, 3.63) is 29.3 Å². The monoisotopic (exact) mass is 260 g/mol. The number of carbonyl (C=O) groups is 1. The van der Waals surface area contributed by atoms with Crippen molar-refractivity contribution in [2.45, 2.75) is 25.9 Å². The van der Waals surface area contributed by atoms with Crippen LogP contribution in [0.5, 0.6) is 0 Å². The summed E-state index contributed by atoms with van der Waals surface area (Å²) in [6, 6.07) is 2.73. The number of alkyl halides is 3. The van der Waals surface area contributed by atoms with Gasteiger partial charge in [-0.3, -0.25) is 4.79 Å². The van der Waals surface area contributed by atoms with E-state index in [1.807, 2.05) is 6.92 Å². The van der Waals surface area contributed by atoms with Crippen molar-refractivity contribution in [1.29, 1.82) is 0 Å². The zero-order valence-corrected chi connectivity index (χ0v) is 9.97. The molecule has 0 aliphatic carbocycles. The van der Waals surface area contributed by atoms with E-state index in [4.69, 9.17) is 5.73 Å². The van der Waals surface area contributed by atoms with Crippen molar-refractivity contribution >= 4 is 11.6 Å². The van der Waals surface area contributed by atoms with Gasteiger partial charge in [0.2, 0.25) is 0 Å². The second kappa shape index (κ2) is 5.75. The Hall–Kier alpha value is -1.72. The third-order valence-corrected chi connectivity index (χ3v) is 2.44. The van der Waals surface area contributed by atoms with Crippen LogP contribution in [0.3, 0.4) is 0 Å². The van der Waals surface area contributed by atoms with Gasteiger partial charge in [0.05, 0.1) is 11.1 Å². The largest absolute Gasteiger partial charge is 0.416 e. The van der Waals surface area contributed by atoms with Crippen LogP contribution < -0.4 is 11.1 Å². The van der Waals surface area contributed by atoms with Crippen molar-refractivity contribution in [3.63, 3.8) is 0 Å². The second-order valence-corrected chi connectivity index (χ2v) is 3.91. The molecule has 18 heavy (non-hydrogen) atoms. The number of nitrogens with two attached hydrogens (primary N) is 1. The molecule has 1 aromatic rings. The Morgan fingerprint density at radius 2 is 2.06 bits per heavy atom. The Bertz CT molecular complexity index is 430. The summed E-state index contributed by atoms with van der Waals surface area (Å²) in [7, 11) is 0. The molecule has 0 unspecified atom stereocenters. The van der Waals surface area contributed by atoms with E-state index < -0.39 is 17.6 Å². The number of benzene rings is 1. The van der Waals surface area contributed by atoms with Crippen LogP contribution >= 0.6 is 0 Å². The Morgan fingerprint density at radius 3 is 2.61 bits per heavy atom. The van der Waals surface area contributed by atoms with Gasteiger partial charge in [-0.1, -0.05) is 13.3 Å². The maximum atomic E-state index is 12.5. The van der Waals surface area contributed by atoms with E-state index >= 15 is 0 Å². The van der Waals surface area contributed by atoms with Crippen molar-refractivity contribution in [3.8, 4) is 0 Å². The number of rotatable bonds is 4. The lowest BCUT2D eigenvalue weighted by Crippen LogP contribution is -2.25. The number of carbonyl (C=O) groups excluding carboxylic acids is 1. The van der Waals surface area contributed by atoms with Crippen LogP contribution in [0.15, 0.2) is 18.2 Å². The summed E-state index contributed by atoms with van der Waals surface area (Å²) in [5.41, 5.74) is 4.53. The zero-order chi connectivity index (χ0) is 13.8. The summed E-state index contributed by atoms with van der Waals surface area (Å²) in [5.74, 6) is -0.577. The lowest BCUT2D eigenvalue weighted by molar-refractivity contribution is -0.137. The topological polar surface area (TPSA) is 55.1 Å². The molecule has 100 valence electrons. The number of nitrogens with one attached hydrogen (secondary N) is 1. The first-order valence-electron chi connectivity index (χ1n) is 5.61. The molecule has 0 atom stereocenters. The predicted octanol–water partition coefficient (Wildman–Crippen LogP) is 2.82. The van der Waals surface area contributed by atoms with Gasteiger partial charge < -0.3 is 11.1 Å². The number of halogens is 3. The van der Waals surface area contributed by atoms with Crippen LogP contribution in [0.2, 0.25) is 0 Å². The van der Waals surface area contributed by atoms with Gasteiger partial charge in [0.1, 0.15) is 0 Å². The van der Waals surface area contributed by atoms with Crippen molar-refractivity contribution in [2.24, 2.45) is 0 Å². The molecular formula is C12H15F3N2O. The maximum absolute atomic E-state index is 12.5. The number of unbranched alkanes of at least 4 members (excludes halogenated alkanes) is 1. The van der Waals surface area contributed by atoms with Gasteiger partial charge >= 0.3 is 6.18 Å². The molecule has 1 rings (SSSR count). The molecule has 0 radical (unpaired) electrons. The van der Waals surface area contributed by atoms with E-state index in [-0.39, 0.29) is 11.3 Å². The Kier molecular flexibility index (Phi) is 4.58. The maximum Gasteiger partial charge on any atom is 0.416 e. The first-order valence-corrected chi connectivity index (χ1v) is 5.61. The molecular weight excluding hydrogens is 245 g/mol. The third-order valence-electron chi connectivity index (χ3n) is 2.44. The summed E-state index contributed by atoms with van der Waals surface area (Å²) < 4.78 is 37.5. The summed E-state index contributed by atoms with van der Waals surface area (Å²) in [5, 5.41) is 2.53. The minimum absolute atomic E-state index is 0.0389. The van der Waals surface area contributed by atoms with E-state index in [1.165, 1.54) is 0 Å². The van der Waals surface area contributed by atoms with Gasteiger partial charge in [-0.25, -0.2) is 0 Å². The second-order valence-electron chi connectivity index (χ2n) is 3.91. The third kappa shape index (κ3) is 3.65. The number of hydrogen-bond donors (Lipinski definition) is 2. The van der Waals surface area contributed by atoms with Gasteiger partial charge in [-0.05, 0) is 24.6 Å². The summed E-state index contributed by atoms with van der Waals surface area (Å²) in [6.07, 6.45) is -2.82. The smallest absolute Gasteiger partial charge is 0.398 e. The normalized spacial score (nSPS) is 11.3. The first kappa shape index (κ1) is 14.3. The molecule has 0 aliphatic rings. The van der Waals surface area contributed by atoms with Gasteiger partial charge in [-0.2, -0.15) is 13.2 Å². The van der Waals surface area contributed by atoms with Crippen LogP contribution in [0.25, 0.3) is 0 Å². The van der Waals surface area contributed by atoms with E-state index in [9.17, 15) is 18.0 Å². The Morgan fingerprint density at radius 1 is 1.39 bits per heavy atom. The molecule has 1 amide bonds. The van der Waals surface area contributed by atoms with E-state index in [0.29, 0.717) is 6.54 Å². The predicted molar refractivity (Wildman–Crippen MR) is 63.1 cm³/mol. The van der Waals surface area contributed by atoms with E-state index in [0.717, 1.165) is 31.0 Å². The van der Waals surface area contributed by atoms with Crippen molar-refractivity contribution in [2.75, 3.05) is 12.3 Å². The molecule has 3 N–H and O–H groups in total. The highest BCUT2D eigenvalue weighted by Crippen LogP contribution is 2.31. The average Bonchev–Trinajstić information content (AvgIpc) is 2.28. The van der Waals surface area contributed by atoms with Gasteiger partial charge in [0.25, 0.3) is 5.91 Å². The fraction of sp³-hybridized carbons (Fsp3) is 0.417. The van der Waals surface area contributed by atoms with Crippen LogP contribution in [0, 0.1) is 0 Å². The summed E-state index contributed by atoms with van der Waals surface area (Å²) in [6.45, 7) is 2.37. The van der Waals surface area contributed by atoms with Crippen LogP contribution in [-0.2, 0) is 6.18 Å². The highest BCUT2D eigenvalue weighted by Gasteiger charge is 2.31. The molecule has 0 spiro atoms. The molecule has 6 heteroatoms. The van der Waals surface area contributed by atoms with Crippen LogP contribution in [0.1, 0.15) is 35.7 Å². The number of amides is 1. The lowest BCUT2D eigenvalue weighted by atomic mass is 10.1. The van der Waals surface area contributed by atoms with Gasteiger partial charge in [0, 0.05) is 12.2 Å². The quantitative estimate of drug-likeness (QED) is 0.646. The molecule has 0 bridgehead atoms. The van der Waals surface area contributed by atoms with E-state index in [1.54, 1.807) is 0 Å². The lowest BCUT2D eigenvalue weighted by Gasteiger charge is -2.11. The van der Waals surface area contributed by atoms with Crippen molar-refractivity contribution < 1.29 is 18.0 Å². The number of nitrogen functional groups attached to an aromatic ring is 1. The zero-order valence-electron chi connectivity index (χ0n) is 9.97. The molecule has 0 aliphatic heterocycles. The molecule has 0 saturated heterocycles. The minimum atomic E-state index is -4.48. The van der Waals surface area contributed by atoms with Crippen LogP contribution in [0.4, 0.5) is 18.9 Å². The highest BCUT2D eigenvalue weighted by atomic mass is 19.4. The summed E-state index contributed by atoms with van der Waals surface area (Å²) >= 11 is 0. The molecule has 0 aromatic heterocycles. The number of hydrogen-bond acceptors (Lipinski definition) is 2. The SMILES string of the molecule is CCCCNC(=O)c1cc(C(F)(F)F)ccc1N. The summed E-state index contributed by atoms with van der Waals surface area (Å²) in [4.78, 5) is 11.7. The molecule has 3 nitrogen and oxygen atoms in total. The minimum Gasteiger partial charge on any atom is -0.398 e. The molecule has 0 saturated carbocycles. The highest BCUT2D eigenvalue weighted by molar-refractivity contribution is 5.99. The molecule has 0 fully saturated rings. The molecule has 0 heterocycles. The Balaban J connectivity index is 2.90. The molecule has 1 aromatic carbocycles. The Labute approximate surface area is 103 Å². The fourth-order valence-corrected chi connectivity index (χ4v) is 1.40. The fourth-order valence-electron chi connectivity index (χ4n) is 1.40. The van der Waals surface area contributed by atoms with E-state index in [2.05, 4.69) is 5.32 Å². The average molecular weight is 260 g/mol. The van der Waals surface area contributed by atoms with Gasteiger partial charge in [-0.15, -0.1) is 0 Å². The van der Waals surface area contributed by atoms with Gasteiger partial charge in [0.15, 0.2) is 0 Å².